The number of aromatic amines is 1. The highest BCUT2D eigenvalue weighted by atomic mass is 19.4. The normalized spacial score (nSPS) is 11.7. The second-order valence-corrected chi connectivity index (χ2v) is 3.52. The first-order chi connectivity index (χ1) is 8.40. The molecule has 8 heteroatoms. The van der Waals surface area contributed by atoms with Crippen LogP contribution in [0.1, 0.15) is 18.2 Å². The van der Waals surface area contributed by atoms with Crippen LogP contribution in [0.3, 0.4) is 0 Å². The van der Waals surface area contributed by atoms with Crippen LogP contribution >= 0.6 is 0 Å². The molecule has 94 valence electrons. The average molecular weight is 256 g/mol. The Balaban J connectivity index is 2.95. The fourth-order valence-corrected chi connectivity index (χ4v) is 1.67. The van der Waals surface area contributed by atoms with Crippen LogP contribution in [0.4, 0.5) is 18.9 Å². The maximum absolute atomic E-state index is 12.8. The monoisotopic (exact) mass is 256 g/mol. The second kappa shape index (κ2) is 3.87. The first-order valence-corrected chi connectivity index (χ1v) is 4.97. The van der Waals surface area contributed by atoms with Gasteiger partial charge in [0.05, 0.1) is 6.57 Å². The first-order valence-electron chi connectivity index (χ1n) is 4.97. The molecular formula is C10H7F3N4O. The van der Waals surface area contributed by atoms with Crippen LogP contribution in [0.25, 0.3) is 10.5 Å². The number of H-pyrrole nitrogens is 1. The standard InChI is InChI=1S/C10H7F3N4O/c1-3-5-7(10(11,12)13)16-8-6(14-2)4-15-17(8)9(5)18/h4,15H,3H2,1H3. The smallest absolute Gasteiger partial charge is 0.308 e. The van der Waals surface area contributed by atoms with Gasteiger partial charge in [-0.3, -0.25) is 4.79 Å². The third kappa shape index (κ3) is 1.64. The summed E-state index contributed by atoms with van der Waals surface area (Å²) in [6.07, 6.45) is -3.65. The molecule has 0 aliphatic carbocycles. The zero-order valence-corrected chi connectivity index (χ0v) is 9.17. The van der Waals surface area contributed by atoms with Gasteiger partial charge in [-0.1, -0.05) is 6.92 Å². The highest BCUT2D eigenvalue weighted by molar-refractivity contribution is 5.67. The molecule has 2 aromatic rings. The molecule has 0 saturated carbocycles. The lowest BCUT2D eigenvalue weighted by atomic mass is 10.1. The second-order valence-electron chi connectivity index (χ2n) is 3.52. The van der Waals surface area contributed by atoms with E-state index in [0.29, 0.717) is 0 Å². The van der Waals surface area contributed by atoms with E-state index >= 15 is 0 Å². The molecule has 0 spiro atoms. The molecule has 0 saturated heterocycles. The van der Waals surface area contributed by atoms with Gasteiger partial charge in [-0.05, 0) is 6.42 Å². The van der Waals surface area contributed by atoms with Crippen molar-refractivity contribution < 1.29 is 13.2 Å². The van der Waals surface area contributed by atoms with Gasteiger partial charge in [0.1, 0.15) is 0 Å². The lowest BCUT2D eigenvalue weighted by Crippen LogP contribution is -2.26. The Labute approximate surface area is 98.7 Å². The maximum atomic E-state index is 12.8. The van der Waals surface area contributed by atoms with Crippen molar-refractivity contribution in [3.8, 4) is 0 Å². The van der Waals surface area contributed by atoms with Crippen molar-refractivity contribution in [2.75, 3.05) is 0 Å². The number of rotatable bonds is 1. The van der Waals surface area contributed by atoms with E-state index in [1.54, 1.807) is 0 Å². The molecule has 0 aromatic carbocycles. The van der Waals surface area contributed by atoms with Crippen LogP contribution in [0, 0.1) is 6.57 Å². The Hall–Kier alpha value is -2.30. The molecule has 0 atom stereocenters. The fourth-order valence-electron chi connectivity index (χ4n) is 1.67. The van der Waals surface area contributed by atoms with Gasteiger partial charge < -0.3 is 5.10 Å². The largest absolute Gasteiger partial charge is 0.433 e. The van der Waals surface area contributed by atoms with Crippen molar-refractivity contribution in [3.05, 3.63) is 39.2 Å². The van der Waals surface area contributed by atoms with E-state index in [0.717, 1.165) is 10.7 Å². The molecule has 0 fully saturated rings. The minimum Gasteiger partial charge on any atom is -0.308 e. The SMILES string of the molecule is [C-]#[N+]c1c[nH]n2c(=O)c(CC)c(C(F)(F)F)nc12. The predicted octanol–water partition coefficient (Wildman–Crippen LogP) is 2.15. The van der Waals surface area contributed by atoms with Crippen LogP contribution in [0.5, 0.6) is 0 Å². The fraction of sp³-hybridized carbons (Fsp3) is 0.300. The number of alkyl halides is 3. The van der Waals surface area contributed by atoms with Crippen molar-refractivity contribution in [2.45, 2.75) is 19.5 Å². The average Bonchev–Trinajstić information content (AvgIpc) is 2.71. The topological polar surface area (TPSA) is 54.5 Å². The van der Waals surface area contributed by atoms with E-state index in [1.165, 1.54) is 6.92 Å². The summed E-state index contributed by atoms with van der Waals surface area (Å²) >= 11 is 0. The number of aromatic nitrogens is 3. The highest BCUT2D eigenvalue weighted by Crippen LogP contribution is 2.30. The zero-order chi connectivity index (χ0) is 13.5. The van der Waals surface area contributed by atoms with E-state index in [2.05, 4.69) is 14.9 Å². The van der Waals surface area contributed by atoms with E-state index in [4.69, 9.17) is 6.57 Å². The number of fused-ring (bicyclic) bond motifs is 1. The van der Waals surface area contributed by atoms with Gasteiger partial charge in [0, 0.05) is 11.8 Å². The van der Waals surface area contributed by atoms with Crippen molar-refractivity contribution in [2.24, 2.45) is 0 Å². The van der Waals surface area contributed by atoms with Crippen molar-refractivity contribution in [1.82, 2.24) is 14.6 Å². The summed E-state index contributed by atoms with van der Waals surface area (Å²) in [6.45, 7) is 8.25. The minimum absolute atomic E-state index is 0.0873. The van der Waals surface area contributed by atoms with Crippen molar-refractivity contribution in [1.29, 1.82) is 0 Å². The molecule has 2 heterocycles. The molecule has 0 unspecified atom stereocenters. The molecule has 2 aromatic heterocycles. The molecule has 0 aliphatic rings. The summed E-state index contributed by atoms with van der Waals surface area (Å²) in [5.41, 5.74) is -2.90. The maximum Gasteiger partial charge on any atom is 0.433 e. The summed E-state index contributed by atoms with van der Waals surface area (Å²) in [5, 5.41) is 2.42. The summed E-state index contributed by atoms with van der Waals surface area (Å²) in [4.78, 5) is 18.3. The molecule has 0 bridgehead atoms. The zero-order valence-electron chi connectivity index (χ0n) is 9.17. The van der Waals surface area contributed by atoms with Crippen molar-refractivity contribution >= 4 is 11.3 Å². The van der Waals surface area contributed by atoms with Gasteiger partial charge in [-0.25, -0.2) is 14.3 Å². The van der Waals surface area contributed by atoms with Crippen LogP contribution in [0.2, 0.25) is 0 Å². The number of nitrogens with one attached hydrogen (secondary N) is 1. The highest BCUT2D eigenvalue weighted by Gasteiger charge is 2.37. The van der Waals surface area contributed by atoms with E-state index < -0.39 is 23.0 Å². The minimum atomic E-state index is -4.71. The molecular weight excluding hydrogens is 249 g/mol. The molecule has 18 heavy (non-hydrogen) atoms. The third-order valence-electron chi connectivity index (χ3n) is 2.48. The van der Waals surface area contributed by atoms with Gasteiger partial charge in [0.2, 0.25) is 5.69 Å². The molecule has 0 amide bonds. The van der Waals surface area contributed by atoms with E-state index in [1.807, 2.05) is 0 Å². The van der Waals surface area contributed by atoms with Crippen LogP contribution in [-0.4, -0.2) is 14.6 Å². The Morgan fingerprint density at radius 3 is 2.72 bits per heavy atom. The molecule has 2 rings (SSSR count). The van der Waals surface area contributed by atoms with Gasteiger partial charge in [-0.15, -0.1) is 0 Å². The van der Waals surface area contributed by atoms with Crippen LogP contribution in [-0.2, 0) is 12.6 Å². The number of nitrogens with zero attached hydrogens (tertiary/aromatic N) is 3. The molecule has 0 aliphatic heterocycles. The quantitative estimate of drug-likeness (QED) is 0.795. The van der Waals surface area contributed by atoms with Gasteiger partial charge >= 0.3 is 6.18 Å². The Bertz CT molecular complexity index is 705. The number of halogens is 3. The van der Waals surface area contributed by atoms with Gasteiger partial charge in [0.15, 0.2) is 11.3 Å². The number of hydrogen-bond donors (Lipinski definition) is 1. The molecule has 1 N–H and O–H groups in total. The lowest BCUT2D eigenvalue weighted by molar-refractivity contribution is -0.141. The summed E-state index contributed by atoms with van der Waals surface area (Å²) in [7, 11) is 0. The lowest BCUT2D eigenvalue weighted by Gasteiger charge is -2.10. The molecule has 0 radical (unpaired) electrons. The van der Waals surface area contributed by atoms with Crippen LogP contribution < -0.4 is 5.56 Å². The van der Waals surface area contributed by atoms with E-state index in [9.17, 15) is 18.0 Å². The summed E-state index contributed by atoms with van der Waals surface area (Å²) < 4.78 is 39.2. The Morgan fingerprint density at radius 1 is 1.56 bits per heavy atom. The van der Waals surface area contributed by atoms with E-state index in [-0.39, 0.29) is 17.8 Å². The summed E-state index contributed by atoms with van der Waals surface area (Å²) in [5.74, 6) is 0. The molecule has 5 nitrogen and oxygen atoms in total. The Kier molecular flexibility index (Phi) is 2.62. The third-order valence-corrected chi connectivity index (χ3v) is 2.48. The van der Waals surface area contributed by atoms with Gasteiger partial charge in [-0.2, -0.15) is 13.2 Å². The van der Waals surface area contributed by atoms with Gasteiger partial charge in [0.25, 0.3) is 5.56 Å². The number of hydrogen-bond acceptors (Lipinski definition) is 2. The van der Waals surface area contributed by atoms with Crippen molar-refractivity contribution in [3.63, 3.8) is 0 Å². The Morgan fingerprint density at radius 2 is 2.22 bits per heavy atom. The first kappa shape index (κ1) is 12.2. The van der Waals surface area contributed by atoms with Crippen LogP contribution in [0.15, 0.2) is 11.0 Å². The summed E-state index contributed by atoms with van der Waals surface area (Å²) in [6, 6.07) is 0. The predicted molar refractivity (Wildman–Crippen MR) is 56.5 cm³/mol.